The number of rotatable bonds is 3. The number of hydrogen-bond donors (Lipinski definition) is 1. The molecule has 0 radical (unpaired) electrons. The van der Waals surface area contributed by atoms with Crippen molar-refractivity contribution in [2.45, 2.75) is 13.8 Å². The van der Waals surface area contributed by atoms with Crippen LogP contribution in [0.5, 0.6) is 0 Å². The number of hydrogen-bond acceptors (Lipinski definition) is 5. The van der Waals surface area contributed by atoms with E-state index in [1.165, 1.54) is 26.0 Å². The zero-order valence-corrected chi connectivity index (χ0v) is 11.2. The molecule has 0 aliphatic rings. The van der Waals surface area contributed by atoms with E-state index in [0.717, 1.165) is 4.68 Å². The van der Waals surface area contributed by atoms with Crippen molar-refractivity contribution >= 4 is 23.3 Å². The lowest BCUT2D eigenvalue weighted by Crippen LogP contribution is -2.10. The van der Waals surface area contributed by atoms with Crippen LogP contribution in [0.25, 0.3) is 5.82 Å². The van der Waals surface area contributed by atoms with Gasteiger partial charge in [0.05, 0.1) is 4.92 Å². The summed E-state index contributed by atoms with van der Waals surface area (Å²) in [5.41, 5.74) is 0.0355. The van der Waals surface area contributed by atoms with Crippen LogP contribution in [0.15, 0.2) is 12.1 Å². The van der Waals surface area contributed by atoms with Crippen molar-refractivity contribution < 1.29 is 14.8 Å². The van der Waals surface area contributed by atoms with Crippen LogP contribution >= 0.6 is 11.6 Å². The molecule has 104 valence electrons. The molecule has 0 spiro atoms. The normalized spacial score (nSPS) is 10.6. The molecule has 8 nitrogen and oxygen atoms in total. The zero-order valence-electron chi connectivity index (χ0n) is 10.5. The zero-order chi connectivity index (χ0) is 15.0. The Morgan fingerprint density at radius 3 is 2.60 bits per heavy atom. The lowest BCUT2D eigenvalue weighted by Gasteiger charge is -2.06. The van der Waals surface area contributed by atoms with E-state index < -0.39 is 10.9 Å². The van der Waals surface area contributed by atoms with E-state index in [9.17, 15) is 14.9 Å². The van der Waals surface area contributed by atoms with Crippen LogP contribution < -0.4 is 0 Å². The van der Waals surface area contributed by atoms with E-state index in [1.54, 1.807) is 0 Å². The topological polar surface area (TPSA) is 111 Å². The molecule has 2 aromatic heterocycles. The average molecular weight is 297 g/mol. The number of carboxylic acids is 1. The van der Waals surface area contributed by atoms with Gasteiger partial charge in [0.25, 0.3) is 0 Å². The molecule has 0 aliphatic carbocycles. The maximum absolute atomic E-state index is 11.2. The summed E-state index contributed by atoms with van der Waals surface area (Å²) in [6.07, 6.45) is 0. The van der Waals surface area contributed by atoms with Gasteiger partial charge in [0.15, 0.2) is 5.82 Å². The number of pyridine rings is 1. The summed E-state index contributed by atoms with van der Waals surface area (Å²) in [5, 5.41) is 24.1. The predicted molar refractivity (Wildman–Crippen MR) is 69.5 cm³/mol. The smallest absolute Gasteiger partial charge is 0.339 e. The van der Waals surface area contributed by atoms with Crippen molar-refractivity contribution in [3.8, 4) is 5.82 Å². The Bertz CT molecular complexity index is 725. The molecule has 2 rings (SSSR count). The minimum absolute atomic E-state index is 0.0568. The summed E-state index contributed by atoms with van der Waals surface area (Å²) in [7, 11) is 0. The molecule has 0 aliphatic heterocycles. The van der Waals surface area contributed by atoms with E-state index >= 15 is 0 Å². The van der Waals surface area contributed by atoms with E-state index in [-0.39, 0.29) is 33.6 Å². The number of aryl methyl sites for hydroxylation is 1. The van der Waals surface area contributed by atoms with Crippen molar-refractivity contribution in [3.63, 3.8) is 0 Å². The standard InChI is InChI=1S/C11H9ClN4O4/c1-5-9(16(19)20)6(2)15(14-5)10-7(11(17)18)3-4-8(12)13-10/h3-4H,1-2H3,(H,17,18). The Kier molecular flexibility index (Phi) is 3.41. The minimum Gasteiger partial charge on any atom is -0.478 e. The number of nitrogens with zero attached hydrogens (tertiary/aromatic N) is 4. The maximum atomic E-state index is 11.2. The first kappa shape index (κ1) is 13.9. The van der Waals surface area contributed by atoms with Crippen LogP contribution in [0.3, 0.4) is 0 Å². The quantitative estimate of drug-likeness (QED) is 0.527. The van der Waals surface area contributed by atoms with Gasteiger partial charge >= 0.3 is 11.7 Å². The SMILES string of the molecule is Cc1nn(-c2nc(Cl)ccc2C(=O)O)c(C)c1[N+](=O)[O-]. The van der Waals surface area contributed by atoms with Gasteiger partial charge in [-0.1, -0.05) is 11.6 Å². The Morgan fingerprint density at radius 1 is 1.45 bits per heavy atom. The highest BCUT2D eigenvalue weighted by Crippen LogP contribution is 2.26. The summed E-state index contributed by atoms with van der Waals surface area (Å²) >= 11 is 5.75. The molecule has 0 saturated carbocycles. The maximum Gasteiger partial charge on any atom is 0.339 e. The summed E-state index contributed by atoms with van der Waals surface area (Å²) < 4.78 is 1.11. The Labute approximate surface area is 117 Å². The van der Waals surface area contributed by atoms with Crippen LogP contribution in [0.4, 0.5) is 5.69 Å². The monoisotopic (exact) mass is 296 g/mol. The Hall–Kier alpha value is -2.48. The van der Waals surface area contributed by atoms with Gasteiger partial charge in [-0.3, -0.25) is 10.1 Å². The van der Waals surface area contributed by atoms with Crippen molar-refractivity contribution in [3.05, 3.63) is 44.4 Å². The third-order valence-electron chi connectivity index (χ3n) is 2.71. The number of carbonyl (C=O) groups is 1. The molecular weight excluding hydrogens is 288 g/mol. The molecule has 0 saturated heterocycles. The molecule has 0 unspecified atom stereocenters. The second-order valence-electron chi connectivity index (χ2n) is 4.00. The van der Waals surface area contributed by atoms with E-state index in [2.05, 4.69) is 10.1 Å². The highest BCUT2D eigenvalue weighted by molar-refractivity contribution is 6.29. The van der Waals surface area contributed by atoms with Crippen molar-refractivity contribution in [2.24, 2.45) is 0 Å². The molecule has 0 fully saturated rings. The van der Waals surface area contributed by atoms with Gasteiger partial charge in [0.1, 0.15) is 22.1 Å². The van der Waals surface area contributed by atoms with Crippen molar-refractivity contribution in [2.75, 3.05) is 0 Å². The van der Waals surface area contributed by atoms with Crippen LogP contribution in [-0.4, -0.2) is 30.8 Å². The number of nitro groups is 1. The lowest BCUT2D eigenvalue weighted by atomic mass is 10.2. The van der Waals surface area contributed by atoms with Gasteiger partial charge in [0, 0.05) is 0 Å². The minimum atomic E-state index is -1.22. The molecule has 0 atom stereocenters. The van der Waals surface area contributed by atoms with Gasteiger partial charge in [0.2, 0.25) is 0 Å². The lowest BCUT2D eigenvalue weighted by molar-refractivity contribution is -0.386. The van der Waals surface area contributed by atoms with Gasteiger partial charge in [-0.15, -0.1) is 0 Å². The molecule has 0 amide bonds. The number of halogens is 1. The molecule has 2 aromatic rings. The first-order valence-corrected chi connectivity index (χ1v) is 5.81. The van der Waals surface area contributed by atoms with E-state index in [1.807, 2.05) is 0 Å². The second kappa shape index (κ2) is 4.89. The van der Waals surface area contributed by atoms with Gasteiger partial charge in [-0.2, -0.15) is 5.10 Å². The van der Waals surface area contributed by atoms with Crippen LogP contribution in [0.2, 0.25) is 5.15 Å². The number of aromatic nitrogens is 3. The molecule has 0 bridgehead atoms. The van der Waals surface area contributed by atoms with E-state index in [0.29, 0.717) is 0 Å². The highest BCUT2D eigenvalue weighted by atomic mass is 35.5. The van der Waals surface area contributed by atoms with E-state index in [4.69, 9.17) is 16.7 Å². The molecule has 9 heteroatoms. The second-order valence-corrected chi connectivity index (χ2v) is 4.39. The molecular formula is C11H9ClN4O4. The molecule has 2 heterocycles. The Balaban J connectivity index is 2.75. The third kappa shape index (κ3) is 2.21. The molecule has 0 aromatic carbocycles. The fourth-order valence-corrected chi connectivity index (χ4v) is 2.00. The van der Waals surface area contributed by atoms with Crippen molar-refractivity contribution in [1.29, 1.82) is 0 Å². The Morgan fingerprint density at radius 2 is 2.10 bits per heavy atom. The summed E-state index contributed by atoms with van der Waals surface area (Å²) in [5.74, 6) is -1.28. The average Bonchev–Trinajstić information content (AvgIpc) is 2.64. The highest BCUT2D eigenvalue weighted by Gasteiger charge is 2.25. The number of carboxylic acid groups (broad SMARTS) is 1. The third-order valence-corrected chi connectivity index (χ3v) is 2.92. The first-order valence-electron chi connectivity index (χ1n) is 5.43. The molecule has 20 heavy (non-hydrogen) atoms. The van der Waals surface area contributed by atoms with Crippen LogP contribution in [0, 0.1) is 24.0 Å². The van der Waals surface area contributed by atoms with Crippen LogP contribution in [-0.2, 0) is 0 Å². The van der Waals surface area contributed by atoms with Gasteiger partial charge < -0.3 is 5.11 Å². The predicted octanol–water partition coefficient (Wildman–Crippen LogP) is 2.14. The van der Waals surface area contributed by atoms with Gasteiger partial charge in [-0.05, 0) is 26.0 Å². The summed E-state index contributed by atoms with van der Waals surface area (Å²) in [4.78, 5) is 25.5. The first-order chi connectivity index (χ1) is 9.32. The molecule has 1 N–H and O–H groups in total. The fraction of sp³-hybridized carbons (Fsp3) is 0.182. The fourth-order valence-electron chi connectivity index (χ4n) is 1.86. The largest absolute Gasteiger partial charge is 0.478 e. The van der Waals surface area contributed by atoms with Gasteiger partial charge in [-0.25, -0.2) is 14.5 Å². The number of aromatic carboxylic acids is 1. The summed E-state index contributed by atoms with van der Waals surface area (Å²) in [6, 6.07) is 2.60. The van der Waals surface area contributed by atoms with Crippen LogP contribution in [0.1, 0.15) is 21.7 Å². The summed E-state index contributed by atoms with van der Waals surface area (Å²) in [6.45, 7) is 2.93. The van der Waals surface area contributed by atoms with Crippen molar-refractivity contribution in [1.82, 2.24) is 14.8 Å².